The summed E-state index contributed by atoms with van der Waals surface area (Å²) >= 11 is 0. The SMILES string of the molecule is O=[N+]([O-])c1ccc(N2CC[NH2+]CC2)cc1NCCOc1ccccc1. The van der Waals surface area contributed by atoms with Gasteiger partial charge in [-0.05, 0) is 24.3 Å². The molecule has 0 unspecified atom stereocenters. The fraction of sp³-hybridized carbons (Fsp3) is 0.333. The van der Waals surface area contributed by atoms with Gasteiger partial charge < -0.3 is 20.3 Å². The van der Waals surface area contributed by atoms with Gasteiger partial charge in [0.25, 0.3) is 5.69 Å². The molecule has 0 spiro atoms. The van der Waals surface area contributed by atoms with Gasteiger partial charge in [0, 0.05) is 18.3 Å². The lowest BCUT2D eigenvalue weighted by atomic mass is 10.2. The lowest BCUT2D eigenvalue weighted by molar-refractivity contribution is -0.655. The molecular weight excluding hydrogens is 320 g/mol. The molecule has 0 radical (unpaired) electrons. The zero-order valence-corrected chi connectivity index (χ0v) is 14.1. The van der Waals surface area contributed by atoms with Crippen LogP contribution in [-0.4, -0.2) is 44.3 Å². The number of nitro groups is 1. The monoisotopic (exact) mass is 343 g/mol. The number of rotatable bonds is 7. The summed E-state index contributed by atoms with van der Waals surface area (Å²) in [4.78, 5) is 13.2. The number of quaternary nitrogens is 1. The van der Waals surface area contributed by atoms with Gasteiger partial charge >= 0.3 is 0 Å². The molecule has 0 aliphatic carbocycles. The first-order valence-corrected chi connectivity index (χ1v) is 8.51. The zero-order valence-electron chi connectivity index (χ0n) is 14.1. The van der Waals surface area contributed by atoms with E-state index in [2.05, 4.69) is 15.5 Å². The molecule has 132 valence electrons. The van der Waals surface area contributed by atoms with Crippen molar-refractivity contribution in [1.82, 2.24) is 0 Å². The first-order valence-electron chi connectivity index (χ1n) is 8.51. The van der Waals surface area contributed by atoms with Crippen molar-refractivity contribution in [3.05, 3.63) is 58.6 Å². The second kappa shape index (κ2) is 8.34. The van der Waals surface area contributed by atoms with Crippen molar-refractivity contribution in [3.8, 4) is 5.75 Å². The van der Waals surface area contributed by atoms with E-state index >= 15 is 0 Å². The largest absolute Gasteiger partial charge is 0.492 e. The normalized spacial score (nSPS) is 14.2. The number of ether oxygens (including phenoxy) is 1. The minimum Gasteiger partial charge on any atom is -0.492 e. The molecule has 0 aromatic heterocycles. The van der Waals surface area contributed by atoms with Crippen molar-refractivity contribution in [3.63, 3.8) is 0 Å². The van der Waals surface area contributed by atoms with Crippen LogP contribution in [0.1, 0.15) is 0 Å². The van der Waals surface area contributed by atoms with Crippen LogP contribution in [0.4, 0.5) is 17.1 Å². The van der Waals surface area contributed by atoms with Crippen molar-refractivity contribution in [2.45, 2.75) is 0 Å². The predicted octanol–water partition coefficient (Wildman–Crippen LogP) is 1.47. The van der Waals surface area contributed by atoms with Gasteiger partial charge in [0.1, 0.15) is 18.0 Å². The van der Waals surface area contributed by atoms with Crippen LogP contribution in [-0.2, 0) is 0 Å². The summed E-state index contributed by atoms with van der Waals surface area (Å²) in [5, 5.41) is 16.7. The van der Waals surface area contributed by atoms with Crippen molar-refractivity contribution >= 4 is 17.1 Å². The van der Waals surface area contributed by atoms with Gasteiger partial charge in [0.15, 0.2) is 0 Å². The van der Waals surface area contributed by atoms with Crippen LogP contribution in [0.5, 0.6) is 5.75 Å². The number of nitrogens with zero attached hydrogens (tertiary/aromatic N) is 2. The second-order valence-corrected chi connectivity index (χ2v) is 5.90. The number of hydrogen-bond donors (Lipinski definition) is 2. The summed E-state index contributed by atoms with van der Waals surface area (Å²) in [6.45, 7) is 4.93. The number of anilines is 2. The molecular formula is C18H23N4O3+. The Hall–Kier alpha value is -2.80. The Kier molecular flexibility index (Phi) is 5.69. The Morgan fingerprint density at radius 3 is 2.64 bits per heavy atom. The third kappa shape index (κ3) is 4.60. The first kappa shape index (κ1) is 17.0. The fourth-order valence-electron chi connectivity index (χ4n) is 2.90. The Balaban J connectivity index is 1.64. The van der Waals surface area contributed by atoms with Gasteiger partial charge in [-0.25, -0.2) is 0 Å². The molecule has 3 rings (SSSR count). The molecule has 0 bridgehead atoms. The fourth-order valence-corrected chi connectivity index (χ4v) is 2.90. The molecule has 3 N–H and O–H groups in total. The van der Waals surface area contributed by atoms with Crippen molar-refractivity contribution in [2.24, 2.45) is 0 Å². The van der Waals surface area contributed by atoms with Crippen LogP contribution < -0.4 is 20.3 Å². The van der Waals surface area contributed by atoms with Crippen LogP contribution in [0.15, 0.2) is 48.5 Å². The molecule has 7 nitrogen and oxygen atoms in total. The number of hydrogen-bond acceptors (Lipinski definition) is 5. The van der Waals surface area contributed by atoms with Gasteiger partial charge in [-0.2, -0.15) is 0 Å². The third-order valence-electron chi connectivity index (χ3n) is 4.18. The van der Waals surface area contributed by atoms with Gasteiger partial charge in [-0.15, -0.1) is 0 Å². The number of piperazine rings is 1. The lowest BCUT2D eigenvalue weighted by Crippen LogP contribution is -2.89. The highest BCUT2D eigenvalue weighted by Gasteiger charge is 2.18. The number of nitro benzene ring substituents is 1. The van der Waals surface area contributed by atoms with Gasteiger partial charge in [-0.1, -0.05) is 18.2 Å². The van der Waals surface area contributed by atoms with E-state index in [-0.39, 0.29) is 10.6 Å². The molecule has 1 aliphatic rings. The number of para-hydroxylation sites is 1. The molecule has 2 aromatic rings. The van der Waals surface area contributed by atoms with Crippen molar-refractivity contribution < 1.29 is 15.0 Å². The van der Waals surface area contributed by atoms with Crippen molar-refractivity contribution in [1.29, 1.82) is 0 Å². The van der Waals surface area contributed by atoms with E-state index in [9.17, 15) is 10.1 Å². The van der Waals surface area contributed by atoms with E-state index < -0.39 is 0 Å². The highest BCUT2D eigenvalue weighted by molar-refractivity contribution is 5.69. The standard InChI is InChI=1S/C18H22N4O3/c23-22(24)18-7-6-15(21-11-8-19-9-12-21)14-17(18)20-10-13-25-16-4-2-1-3-5-16/h1-7,14,19-20H,8-13H2/p+1. The highest BCUT2D eigenvalue weighted by Crippen LogP contribution is 2.29. The Bertz CT molecular complexity index is 703. The van der Waals surface area contributed by atoms with E-state index in [0.717, 1.165) is 37.6 Å². The quantitative estimate of drug-likeness (QED) is 0.452. The van der Waals surface area contributed by atoms with Crippen LogP contribution in [0.3, 0.4) is 0 Å². The summed E-state index contributed by atoms with van der Waals surface area (Å²) in [6, 6.07) is 14.8. The van der Waals surface area contributed by atoms with Crippen LogP contribution in [0.25, 0.3) is 0 Å². The molecule has 0 atom stereocenters. The Labute approximate surface area is 146 Å². The van der Waals surface area contributed by atoms with E-state index in [1.165, 1.54) is 0 Å². The molecule has 0 saturated carbocycles. The summed E-state index contributed by atoms with van der Waals surface area (Å²) in [6.07, 6.45) is 0. The number of benzene rings is 2. The van der Waals surface area contributed by atoms with Crippen LogP contribution >= 0.6 is 0 Å². The highest BCUT2D eigenvalue weighted by atomic mass is 16.6. The topological polar surface area (TPSA) is 84.2 Å². The molecule has 1 heterocycles. The molecule has 1 fully saturated rings. The molecule has 7 heteroatoms. The van der Waals surface area contributed by atoms with Gasteiger partial charge in [0.2, 0.25) is 0 Å². The first-order chi connectivity index (χ1) is 12.2. The van der Waals surface area contributed by atoms with Crippen LogP contribution in [0, 0.1) is 10.1 Å². The van der Waals surface area contributed by atoms with Gasteiger partial charge in [-0.3, -0.25) is 10.1 Å². The average Bonchev–Trinajstić information content (AvgIpc) is 2.66. The predicted molar refractivity (Wildman–Crippen MR) is 97.4 cm³/mol. The van der Waals surface area contributed by atoms with E-state index in [1.54, 1.807) is 6.07 Å². The number of nitrogens with one attached hydrogen (secondary N) is 1. The summed E-state index contributed by atoms with van der Waals surface area (Å²) < 4.78 is 5.63. The van der Waals surface area contributed by atoms with E-state index in [1.807, 2.05) is 42.5 Å². The minimum absolute atomic E-state index is 0.0898. The second-order valence-electron chi connectivity index (χ2n) is 5.90. The Morgan fingerprint density at radius 2 is 1.92 bits per heavy atom. The van der Waals surface area contributed by atoms with Gasteiger partial charge in [0.05, 0.1) is 31.1 Å². The molecule has 1 saturated heterocycles. The molecule has 25 heavy (non-hydrogen) atoms. The number of nitrogens with two attached hydrogens (primary N) is 1. The maximum absolute atomic E-state index is 11.3. The average molecular weight is 343 g/mol. The molecule has 1 aliphatic heterocycles. The molecule has 0 amide bonds. The lowest BCUT2D eigenvalue weighted by Gasteiger charge is -2.27. The van der Waals surface area contributed by atoms with Crippen molar-refractivity contribution in [2.75, 3.05) is 49.5 Å². The summed E-state index contributed by atoms with van der Waals surface area (Å²) in [5.74, 6) is 0.789. The smallest absolute Gasteiger partial charge is 0.292 e. The molecule has 2 aromatic carbocycles. The Morgan fingerprint density at radius 1 is 1.16 bits per heavy atom. The van der Waals surface area contributed by atoms with E-state index in [4.69, 9.17) is 4.74 Å². The maximum Gasteiger partial charge on any atom is 0.292 e. The summed E-state index contributed by atoms with van der Waals surface area (Å²) in [5.41, 5.74) is 1.64. The van der Waals surface area contributed by atoms with Crippen LogP contribution in [0.2, 0.25) is 0 Å². The third-order valence-corrected chi connectivity index (χ3v) is 4.18. The van der Waals surface area contributed by atoms with E-state index in [0.29, 0.717) is 18.8 Å². The minimum atomic E-state index is -0.353. The summed E-state index contributed by atoms with van der Waals surface area (Å²) in [7, 11) is 0. The maximum atomic E-state index is 11.3. The zero-order chi connectivity index (χ0) is 17.5.